The van der Waals surface area contributed by atoms with Gasteiger partial charge in [-0.25, -0.2) is 4.79 Å². The minimum absolute atomic E-state index is 0.00816. The fraction of sp³-hybridized carbons (Fsp3) is 0.240. The zero-order chi connectivity index (χ0) is 24.9. The molecule has 1 aliphatic rings. The van der Waals surface area contributed by atoms with Gasteiger partial charge in [-0.3, -0.25) is 4.79 Å². The Hall–Kier alpha value is -3.58. The molecule has 0 bridgehead atoms. The van der Waals surface area contributed by atoms with Crippen molar-refractivity contribution in [3.8, 4) is 23.3 Å². The van der Waals surface area contributed by atoms with Crippen molar-refractivity contribution in [3.05, 3.63) is 57.4 Å². The second kappa shape index (κ2) is 10.8. The van der Waals surface area contributed by atoms with Gasteiger partial charge in [0.15, 0.2) is 11.5 Å². The molecule has 3 aromatic rings. The summed E-state index contributed by atoms with van der Waals surface area (Å²) in [5.74, 6) is 0.0884. The second-order valence-electron chi connectivity index (χ2n) is 7.48. The zero-order valence-electron chi connectivity index (χ0n) is 19.0. The highest BCUT2D eigenvalue weighted by Crippen LogP contribution is 2.38. The maximum Gasteiger partial charge on any atom is 0.355 e. The van der Waals surface area contributed by atoms with Crippen molar-refractivity contribution in [2.24, 2.45) is 0 Å². The van der Waals surface area contributed by atoms with Crippen LogP contribution in [0.25, 0.3) is 16.2 Å². The summed E-state index contributed by atoms with van der Waals surface area (Å²) in [6, 6.07) is 12.1. The SMILES string of the molecule is COc1ccc2sc(C(=O)Oc3ccc(/C=C(\C#N)C(=O)N4CCOCC4)cc3OC)c(Cl)c2c1. The van der Waals surface area contributed by atoms with E-state index in [1.54, 1.807) is 42.3 Å². The lowest BCUT2D eigenvalue weighted by atomic mass is 10.1. The molecule has 1 amide bonds. The summed E-state index contributed by atoms with van der Waals surface area (Å²) in [5, 5.41) is 10.5. The number of carbonyl (C=O) groups is 2. The topological polar surface area (TPSA) is 98.1 Å². The van der Waals surface area contributed by atoms with Gasteiger partial charge in [0, 0.05) is 23.2 Å². The number of rotatable bonds is 6. The molecule has 2 heterocycles. The molecule has 1 saturated heterocycles. The van der Waals surface area contributed by atoms with Gasteiger partial charge in [-0.05, 0) is 42.0 Å². The number of halogens is 1. The number of amides is 1. The minimum atomic E-state index is -0.628. The molecule has 0 saturated carbocycles. The van der Waals surface area contributed by atoms with Crippen molar-refractivity contribution in [1.29, 1.82) is 5.26 Å². The van der Waals surface area contributed by atoms with E-state index in [0.717, 1.165) is 4.70 Å². The Morgan fingerprint density at radius 1 is 1.11 bits per heavy atom. The first-order valence-corrected chi connectivity index (χ1v) is 11.8. The first-order valence-electron chi connectivity index (χ1n) is 10.6. The van der Waals surface area contributed by atoms with Gasteiger partial charge in [-0.2, -0.15) is 5.26 Å². The third-order valence-corrected chi connectivity index (χ3v) is 7.03. The van der Waals surface area contributed by atoms with E-state index in [0.29, 0.717) is 43.0 Å². The second-order valence-corrected chi connectivity index (χ2v) is 8.91. The minimum Gasteiger partial charge on any atom is -0.497 e. The lowest BCUT2D eigenvalue weighted by molar-refractivity contribution is -0.130. The van der Waals surface area contributed by atoms with Crippen LogP contribution in [-0.2, 0) is 9.53 Å². The summed E-state index contributed by atoms with van der Waals surface area (Å²) in [4.78, 5) is 27.4. The van der Waals surface area contributed by atoms with E-state index in [9.17, 15) is 14.9 Å². The molecular weight excluding hydrogens is 492 g/mol. The maximum absolute atomic E-state index is 12.9. The number of fused-ring (bicyclic) bond motifs is 1. The molecule has 1 aliphatic heterocycles. The molecule has 1 aromatic heterocycles. The monoisotopic (exact) mass is 512 g/mol. The largest absolute Gasteiger partial charge is 0.497 e. The van der Waals surface area contributed by atoms with Gasteiger partial charge in [0.25, 0.3) is 5.91 Å². The van der Waals surface area contributed by atoms with Gasteiger partial charge in [0.05, 0.1) is 32.5 Å². The molecule has 0 N–H and O–H groups in total. The average Bonchev–Trinajstić information content (AvgIpc) is 3.23. The van der Waals surface area contributed by atoms with E-state index in [2.05, 4.69) is 0 Å². The molecule has 2 aromatic carbocycles. The van der Waals surface area contributed by atoms with E-state index in [4.69, 9.17) is 30.5 Å². The fourth-order valence-corrected chi connectivity index (χ4v) is 4.91. The number of nitrogens with zero attached hydrogens (tertiary/aromatic N) is 2. The van der Waals surface area contributed by atoms with Crippen LogP contribution < -0.4 is 14.2 Å². The van der Waals surface area contributed by atoms with Crippen molar-refractivity contribution in [3.63, 3.8) is 0 Å². The van der Waals surface area contributed by atoms with Crippen LogP contribution in [0.2, 0.25) is 5.02 Å². The van der Waals surface area contributed by atoms with Crippen LogP contribution in [-0.4, -0.2) is 57.3 Å². The molecule has 8 nitrogen and oxygen atoms in total. The fourth-order valence-electron chi connectivity index (χ4n) is 3.55. The standard InChI is InChI=1S/C25H21ClN2O6S/c1-31-17-4-6-21-18(13-17)22(26)23(35-21)25(30)34-19-5-3-15(12-20(19)32-2)11-16(14-27)24(29)28-7-9-33-10-8-28/h3-6,11-13H,7-10H2,1-2H3/b16-11+. The summed E-state index contributed by atoms with van der Waals surface area (Å²) in [6.45, 7) is 1.75. The third-order valence-electron chi connectivity index (χ3n) is 5.37. The molecule has 35 heavy (non-hydrogen) atoms. The Balaban J connectivity index is 1.57. The number of benzene rings is 2. The molecule has 4 rings (SSSR count). The van der Waals surface area contributed by atoms with Gasteiger partial charge in [0.1, 0.15) is 22.3 Å². The highest BCUT2D eigenvalue weighted by atomic mass is 35.5. The van der Waals surface area contributed by atoms with E-state index in [1.165, 1.54) is 24.5 Å². The molecule has 10 heteroatoms. The number of methoxy groups -OCH3 is 2. The van der Waals surface area contributed by atoms with Gasteiger partial charge >= 0.3 is 5.97 Å². The van der Waals surface area contributed by atoms with Crippen molar-refractivity contribution < 1.29 is 28.5 Å². The van der Waals surface area contributed by atoms with Crippen LogP contribution in [0.15, 0.2) is 42.0 Å². The Morgan fingerprint density at radius 3 is 2.57 bits per heavy atom. The smallest absolute Gasteiger partial charge is 0.355 e. The number of esters is 1. The summed E-state index contributed by atoms with van der Waals surface area (Å²) in [7, 11) is 2.99. The van der Waals surface area contributed by atoms with Gasteiger partial charge < -0.3 is 23.8 Å². The predicted octanol–water partition coefficient (Wildman–Crippen LogP) is 4.56. The summed E-state index contributed by atoms with van der Waals surface area (Å²) in [5.41, 5.74) is 0.540. The van der Waals surface area contributed by atoms with E-state index in [-0.39, 0.29) is 32.9 Å². The predicted molar refractivity (Wildman–Crippen MR) is 132 cm³/mol. The summed E-state index contributed by atoms with van der Waals surface area (Å²) < 4.78 is 22.3. The lowest BCUT2D eigenvalue weighted by Gasteiger charge is -2.26. The lowest BCUT2D eigenvalue weighted by Crippen LogP contribution is -2.41. The molecule has 180 valence electrons. The Kier molecular flexibility index (Phi) is 7.56. The first-order chi connectivity index (χ1) is 16.9. The Bertz CT molecular complexity index is 1350. The number of thiophene rings is 1. The molecule has 0 atom stereocenters. The van der Waals surface area contributed by atoms with Crippen LogP contribution in [0.5, 0.6) is 17.2 Å². The Morgan fingerprint density at radius 2 is 1.89 bits per heavy atom. The molecule has 0 radical (unpaired) electrons. The highest BCUT2D eigenvalue weighted by molar-refractivity contribution is 7.21. The van der Waals surface area contributed by atoms with Crippen LogP contribution in [0.3, 0.4) is 0 Å². The number of morpholine rings is 1. The molecule has 1 fully saturated rings. The Labute approximate surface area is 210 Å². The maximum atomic E-state index is 12.9. The summed E-state index contributed by atoms with van der Waals surface area (Å²) in [6.07, 6.45) is 1.47. The number of nitriles is 1. The highest BCUT2D eigenvalue weighted by Gasteiger charge is 2.23. The first kappa shape index (κ1) is 24.5. The number of ether oxygens (including phenoxy) is 4. The van der Waals surface area contributed by atoms with Gasteiger partial charge in [-0.1, -0.05) is 17.7 Å². The molecule has 0 spiro atoms. The van der Waals surface area contributed by atoms with E-state index >= 15 is 0 Å². The van der Waals surface area contributed by atoms with Crippen LogP contribution in [0.4, 0.5) is 0 Å². The van der Waals surface area contributed by atoms with E-state index < -0.39 is 5.97 Å². The van der Waals surface area contributed by atoms with Gasteiger partial charge in [0.2, 0.25) is 0 Å². The normalized spacial score (nSPS) is 13.9. The molecule has 0 aliphatic carbocycles. The third kappa shape index (κ3) is 5.25. The number of hydrogen-bond donors (Lipinski definition) is 0. The van der Waals surface area contributed by atoms with Crippen LogP contribution >= 0.6 is 22.9 Å². The van der Waals surface area contributed by atoms with E-state index in [1.807, 2.05) is 12.1 Å². The van der Waals surface area contributed by atoms with Crippen LogP contribution in [0.1, 0.15) is 15.2 Å². The van der Waals surface area contributed by atoms with Crippen LogP contribution in [0, 0.1) is 11.3 Å². The zero-order valence-corrected chi connectivity index (χ0v) is 20.6. The summed E-state index contributed by atoms with van der Waals surface area (Å²) >= 11 is 7.67. The quantitative estimate of drug-likeness (QED) is 0.207. The number of carbonyl (C=O) groups excluding carboxylic acids is 2. The van der Waals surface area contributed by atoms with Crippen molar-refractivity contribution in [1.82, 2.24) is 4.90 Å². The number of hydrogen-bond acceptors (Lipinski definition) is 8. The average molecular weight is 513 g/mol. The molecular formula is C25H21ClN2O6S. The van der Waals surface area contributed by atoms with Crippen molar-refractivity contribution in [2.45, 2.75) is 0 Å². The van der Waals surface area contributed by atoms with Gasteiger partial charge in [-0.15, -0.1) is 11.3 Å². The van der Waals surface area contributed by atoms with Crippen molar-refractivity contribution in [2.75, 3.05) is 40.5 Å². The molecule has 0 unspecified atom stereocenters. The van der Waals surface area contributed by atoms with Crippen molar-refractivity contribution >= 4 is 51.0 Å².